The van der Waals surface area contributed by atoms with Gasteiger partial charge in [0.1, 0.15) is 4.88 Å². The molecular weight excluding hydrogens is 254 g/mol. The predicted octanol–water partition coefficient (Wildman–Crippen LogP) is 1.88. The number of hydrogen-bond acceptors (Lipinski definition) is 4. The summed E-state index contributed by atoms with van der Waals surface area (Å²) in [5, 5.41) is 10.7. The number of nitrogens with zero attached hydrogens (tertiary/aromatic N) is 1. The molecule has 0 spiro atoms. The van der Waals surface area contributed by atoms with Crippen molar-refractivity contribution >= 4 is 29.1 Å². The molecule has 1 aromatic rings. The molecule has 1 N–H and O–H groups in total. The molecule has 2 amide bonds. The molecule has 0 saturated carbocycles. The highest BCUT2D eigenvalue weighted by atomic mass is 32.1. The Bertz CT molecular complexity index is 476. The molecule has 1 aliphatic rings. The zero-order chi connectivity index (χ0) is 13.1. The van der Waals surface area contributed by atoms with E-state index in [9.17, 15) is 14.4 Å². The minimum absolute atomic E-state index is 0.0722. The Hall–Kier alpha value is -1.69. The van der Waals surface area contributed by atoms with Gasteiger partial charge in [0.2, 0.25) is 11.8 Å². The molecule has 5 nitrogen and oxygen atoms in total. The summed E-state index contributed by atoms with van der Waals surface area (Å²) < 4.78 is 0. The number of aromatic carboxylic acids is 1. The number of carbonyl (C=O) groups is 3. The van der Waals surface area contributed by atoms with E-state index in [1.165, 1.54) is 4.90 Å². The second kappa shape index (κ2) is 5.30. The smallest absolute Gasteiger partial charge is 0.346 e. The third kappa shape index (κ3) is 2.59. The maximum atomic E-state index is 11.8. The van der Waals surface area contributed by atoms with E-state index in [1.807, 2.05) is 0 Å². The Kier molecular flexibility index (Phi) is 3.76. The number of carboxylic acid groups (broad SMARTS) is 1. The summed E-state index contributed by atoms with van der Waals surface area (Å²) in [6, 6.07) is 1.65. The van der Waals surface area contributed by atoms with Crippen molar-refractivity contribution < 1.29 is 19.5 Å². The number of hydrogen-bond donors (Lipinski definition) is 1. The van der Waals surface area contributed by atoms with Crippen LogP contribution in [0.25, 0.3) is 0 Å². The molecule has 0 atom stereocenters. The first-order valence-electron chi connectivity index (χ1n) is 5.72. The fourth-order valence-electron chi connectivity index (χ4n) is 1.96. The Labute approximate surface area is 108 Å². The van der Waals surface area contributed by atoms with Gasteiger partial charge < -0.3 is 5.11 Å². The van der Waals surface area contributed by atoms with Crippen molar-refractivity contribution in [3.05, 3.63) is 21.9 Å². The largest absolute Gasteiger partial charge is 0.477 e. The van der Waals surface area contributed by atoms with Gasteiger partial charge in [-0.25, -0.2) is 4.79 Å². The second-order valence-corrected chi connectivity index (χ2v) is 5.08. The molecule has 0 unspecified atom stereocenters. The first kappa shape index (κ1) is 12.8. The molecule has 6 heteroatoms. The standard InChI is InChI=1S/C12H13NO4S/c14-9-3-1-2-4-10(15)13(9)7-8-5-6-18-11(8)12(16)17/h5-6H,1-4,7H2,(H,16,17). The number of amides is 2. The Balaban J connectivity index is 2.20. The van der Waals surface area contributed by atoms with Crippen LogP contribution in [0.5, 0.6) is 0 Å². The molecule has 2 rings (SSSR count). The van der Waals surface area contributed by atoms with Crippen LogP contribution in [-0.2, 0) is 16.1 Å². The highest BCUT2D eigenvalue weighted by molar-refractivity contribution is 7.12. The second-order valence-electron chi connectivity index (χ2n) is 4.16. The SMILES string of the molecule is O=C(O)c1sccc1CN1C(=O)CCCCC1=O. The number of likely N-dealkylation sites (tertiary alicyclic amines) is 1. The van der Waals surface area contributed by atoms with E-state index in [1.54, 1.807) is 11.4 Å². The maximum Gasteiger partial charge on any atom is 0.346 e. The molecule has 0 bridgehead atoms. The Morgan fingerprint density at radius 1 is 1.28 bits per heavy atom. The number of rotatable bonds is 3. The fraction of sp³-hybridized carbons (Fsp3) is 0.417. The average molecular weight is 267 g/mol. The highest BCUT2D eigenvalue weighted by Crippen LogP contribution is 2.21. The van der Waals surface area contributed by atoms with Crippen molar-refractivity contribution in [1.82, 2.24) is 4.90 Å². The van der Waals surface area contributed by atoms with Crippen LogP contribution < -0.4 is 0 Å². The Morgan fingerprint density at radius 2 is 1.89 bits per heavy atom. The molecule has 1 aliphatic heterocycles. The van der Waals surface area contributed by atoms with E-state index in [0.29, 0.717) is 18.4 Å². The molecule has 0 aromatic carbocycles. The summed E-state index contributed by atoms with van der Waals surface area (Å²) in [4.78, 5) is 35.9. The molecule has 2 heterocycles. The first-order chi connectivity index (χ1) is 8.59. The zero-order valence-electron chi connectivity index (χ0n) is 9.72. The molecule has 1 saturated heterocycles. The fourth-order valence-corrected chi connectivity index (χ4v) is 2.71. The van der Waals surface area contributed by atoms with Crippen LogP contribution in [0.15, 0.2) is 11.4 Å². The minimum Gasteiger partial charge on any atom is -0.477 e. The molecule has 96 valence electrons. The lowest BCUT2D eigenvalue weighted by Crippen LogP contribution is -2.34. The van der Waals surface area contributed by atoms with Gasteiger partial charge >= 0.3 is 5.97 Å². The molecular formula is C12H13NO4S. The van der Waals surface area contributed by atoms with E-state index in [0.717, 1.165) is 24.2 Å². The third-order valence-electron chi connectivity index (χ3n) is 2.90. The van der Waals surface area contributed by atoms with Crippen LogP contribution >= 0.6 is 11.3 Å². The summed E-state index contributed by atoms with van der Waals surface area (Å²) in [6.45, 7) is 0.0722. The molecule has 0 radical (unpaired) electrons. The Morgan fingerprint density at radius 3 is 2.44 bits per heavy atom. The van der Waals surface area contributed by atoms with Gasteiger partial charge in [-0.05, 0) is 29.9 Å². The molecule has 0 aliphatic carbocycles. The van der Waals surface area contributed by atoms with E-state index in [2.05, 4.69) is 0 Å². The molecule has 1 fully saturated rings. The topological polar surface area (TPSA) is 74.7 Å². The quantitative estimate of drug-likeness (QED) is 0.848. The lowest BCUT2D eigenvalue weighted by atomic mass is 10.2. The number of carboxylic acids is 1. The number of imide groups is 1. The van der Waals surface area contributed by atoms with Gasteiger partial charge in [0.25, 0.3) is 0 Å². The van der Waals surface area contributed by atoms with Crippen molar-refractivity contribution in [2.75, 3.05) is 0 Å². The maximum absolute atomic E-state index is 11.8. The minimum atomic E-state index is -1.02. The van der Waals surface area contributed by atoms with Crippen LogP contribution in [-0.4, -0.2) is 27.8 Å². The van der Waals surface area contributed by atoms with Crippen LogP contribution in [0.3, 0.4) is 0 Å². The van der Waals surface area contributed by atoms with Crippen LogP contribution in [0, 0.1) is 0 Å². The van der Waals surface area contributed by atoms with Crippen molar-refractivity contribution in [1.29, 1.82) is 0 Å². The number of carbonyl (C=O) groups excluding carboxylic acids is 2. The summed E-state index contributed by atoms with van der Waals surface area (Å²) in [5.74, 6) is -1.44. The van der Waals surface area contributed by atoms with Gasteiger partial charge in [-0.1, -0.05) is 0 Å². The van der Waals surface area contributed by atoms with Gasteiger partial charge in [-0.15, -0.1) is 11.3 Å². The van der Waals surface area contributed by atoms with Gasteiger partial charge in [0.15, 0.2) is 0 Å². The van der Waals surface area contributed by atoms with E-state index in [4.69, 9.17) is 5.11 Å². The van der Waals surface area contributed by atoms with Crippen LogP contribution in [0.4, 0.5) is 0 Å². The summed E-state index contributed by atoms with van der Waals surface area (Å²) in [7, 11) is 0. The zero-order valence-corrected chi connectivity index (χ0v) is 10.5. The van der Waals surface area contributed by atoms with Crippen LogP contribution in [0.1, 0.15) is 40.9 Å². The lowest BCUT2D eigenvalue weighted by molar-refractivity contribution is -0.144. The lowest BCUT2D eigenvalue weighted by Gasteiger charge is -2.18. The van der Waals surface area contributed by atoms with Gasteiger partial charge in [0, 0.05) is 12.8 Å². The number of thiophene rings is 1. The van der Waals surface area contributed by atoms with Gasteiger partial charge in [-0.3, -0.25) is 14.5 Å². The van der Waals surface area contributed by atoms with Crippen molar-refractivity contribution in [3.63, 3.8) is 0 Å². The van der Waals surface area contributed by atoms with E-state index < -0.39 is 5.97 Å². The van der Waals surface area contributed by atoms with Gasteiger partial charge in [0.05, 0.1) is 6.54 Å². The normalized spacial score (nSPS) is 16.8. The molecule has 1 aromatic heterocycles. The summed E-state index contributed by atoms with van der Waals surface area (Å²) in [5.41, 5.74) is 0.524. The van der Waals surface area contributed by atoms with Crippen molar-refractivity contribution in [2.45, 2.75) is 32.2 Å². The van der Waals surface area contributed by atoms with Crippen LogP contribution in [0.2, 0.25) is 0 Å². The van der Waals surface area contributed by atoms with E-state index >= 15 is 0 Å². The van der Waals surface area contributed by atoms with Crippen molar-refractivity contribution in [2.24, 2.45) is 0 Å². The summed E-state index contributed by atoms with van der Waals surface area (Å²) in [6.07, 6.45) is 2.16. The molecule has 18 heavy (non-hydrogen) atoms. The average Bonchev–Trinajstić information content (AvgIpc) is 2.73. The monoisotopic (exact) mass is 267 g/mol. The van der Waals surface area contributed by atoms with E-state index in [-0.39, 0.29) is 23.2 Å². The predicted molar refractivity (Wildman–Crippen MR) is 65.3 cm³/mol. The highest BCUT2D eigenvalue weighted by Gasteiger charge is 2.25. The first-order valence-corrected chi connectivity index (χ1v) is 6.60. The van der Waals surface area contributed by atoms with Crippen molar-refractivity contribution in [3.8, 4) is 0 Å². The third-order valence-corrected chi connectivity index (χ3v) is 3.85. The summed E-state index contributed by atoms with van der Waals surface area (Å²) >= 11 is 1.11. The van der Waals surface area contributed by atoms with Gasteiger partial charge in [-0.2, -0.15) is 0 Å².